The quantitative estimate of drug-likeness (QED) is 0.209. The van der Waals surface area contributed by atoms with E-state index in [1.54, 1.807) is 24.5 Å². The van der Waals surface area contributed by atoms with Gasteiger partial charge in [-0.2, -0.15) is 0 Å². The van der Waals surface area contributed by atoms with Gasteiger partial charge in [0.15, 0.2) is 0 Å². The Bertz CT molecular complexity index is 1020. The second-order valence-corrected chi connectivity index (χ2v) is 8.71. The van der Waals surface area contributed by atoms with Crippen molar-refractivity contribution < 1.29 is 0 Å². The van der Waals surface area contributed by atoms with Gasteiger partial charge < -0.3 is 14.9 Å². The van der Waals surface area contributed by atoms with Crippen LogP contribution in [0.25, 0.3) is 22.5 Å². The highest BCUT2D eigenvalue weighted by Crippen LogP contribution is 2.18. The van der Waals surface area contributed by atoms with Crippen LogP contribution >= 0.6 is 23.2 Å². The maximum absolute atomic E-state index is 5.75. The third-order valence-corrected chi connectivity index (χ3v) is 5.65. The van der Waals surface area contributed by atoms with E-state index in [1.165, 1.54) is 19.3 Å². The van der Waals surface area contributed by atoms with Crippen molar-refractivity contribution in [1.29, 1.82) is 0 Å². The Labute approximate surface area is 211 Å². The molecule has 0 saturated carbocycles. The molecule has 9 heteroatoms. The summed E-state index contributed by atoms with van der Waals surface area (Å²) in [6, 6.07) is 7.41. The number of halogens is 2. The molecule has 0 bridgehead atoms. The summed E-state index contributed by atoms with van der Waals surface area (Å²) in [7, 11) is 0. The van der Waals surface area contributed by atoms with Gasteiger partial charge in [-0.3, -0.25) is 0 Å². The second-order valence-electron chi connectivity index (χ2n) is 7.94. The van der Waals surface area contributed by atoms with Crippen molar-refractivity contribution in [3.8, 4) is 22.5 Å². The zero-order chi connectivity index (χ0) is 24.2. The van der Waals surface area contributed by atoms with Crippen LogP contribution in [0.4, 0.5) is 0 Å². The summed E-state index contributed by atoms with van der Waals surface area (Å²) in [5.74, 6) is 0. The summed E-state index contributed by atoms with van der Waals surface area (Å²) in [6.45, 7) is 4.93. The van der Waals surface area contributed by atoms with Crippen molar-refractivity contribution in [3.63, 3.8) is 0 Å². The molecule has 0 spiro atoms. The smallest absolute Gasteiger partial charge is 0.129 e. The Morgan fingerprint density at radius 2 is 1.21 bits per heavy atom. The monoisotopic (exact) mass is 499 g/mol. The molecule has 4 rings (SSSR count). The summed E-state index contributed by atoms with van der Waals surface area (Å²) < 4.78 is 4.19. The van der Waals surface area contributed by atoms with Crippen molar-refractivity contribution in [3.05, 3.63) is 72.0 Å². The van der Waals surface area contributed by atoms with E-state index >= 15 is 0 Å². The predicted molar refractivity (Wildman–Crippen MR) is 139 cm³/mol. The molecule has 34 heavy (non-hydrogen) atoms. The normalized spacial score (nSPS) is 10.7. The Balaban J connectivity index is 0.000000191. The van der Waals surface area contributed by atoms with E-state index in [0.29, 0.717) is 10.3 Å². The minimum atomic E-state index is 0.496. The number of pyridine rings is 2. The highest BCUT2D eigenvalue weighted by molar-refractivity contribution is 6.29. The number of aryl methyl sites for hydroxylation is 2. The van der Waals surface area contributed by atoms with Crippen LogP contribution < -0.4 is 5.73 Å². The maximum atomic E-state index is 5.75. The highest BCUT2D eigenvalue weighted by Gasteiger charge is 2.03. The van der Waals surface area contributed by atoms with Crippen LogP contribution in [0.3, 0.4) is 0 Å². The Morgan fingerprint density at radius 1 is 0.706 bits per heavy atom. The van der Waals surface area contributed by atoms with Gasteiger partial charge in [0.25, 0.3) is 0 Å². The molecule has 7 nitrogen and oxygen atoms in total. The molecule has 0 aliphatic carbocycles. The topological polar surface area (TPSA) is 87.4 Å². The van der Waals surface area contributed by atoms with Gasteiger partial charge in [0.2, 0.25) is 0 Å². The SMILES string of the molecule is CCCCCn1cnc(-c2ccc(Cl)nc2)c1.NCCCCn1cnc(-c2ccc(Cl)nc2)c1. The number of hydrogen-bond acceptors (Lipinski definition) is 5. The fraction of sp³-hybridized carbons (Fsp3) is 0.360. The van der Waals surface area contributed by atoms with Gasteiger partial charge in [0.05, 0.1) is 24.0 Å². The first-order valence-electron chi connectivity index (χ1n) is 11.6. The molecule has 4 heterocycles. The second kappa shape index (κ2) is 13.8. The molecule has 0 aliphatic heterocycles. The van der Waals surface area contributed by atoms with Gasteiger partial charge in [-0.05, 0) is 50.1 Å². The molecule has 2 N–H and O–H groups in total. The van der Waals surface area contributed by atoms with Gasteiger partial charge in [0.1, 0.15) is 10.3 Å². The lowest BCUT2D eigenvalue weighted by Gasteiger charge is -1.99. The first kappa shape index (κ1) is 25.9. The van der Waals surface area contributed by atoms with Gasteiger partial charge in [0, 0.05) is 49.0 Å². The lowest BCUT2D eigenvalue weighted by molar-refractivity contribution is 0.602. The molecule has 180 valence electrons. The molecular weight excluding hydrogens is 469 g/mol. The van der Waals surface area contributed by atoms with Crippen LogP contribution in [0.15, 0.2) is 61.7 Å². The summed E-state index contributed by atoms with van der Waals surface area (Å²) in [6.07, 6.45) is 17.1. The van der Waals surface area contributed by atoms with Crippen LogP contribution in [0.2, 0.25) is 10.3 Å². The molecule has 0 amide bonds. The van der Waals surface area contributed by atoms with E-state index in [2.05, 4.69) is 42.2 Å². The first-order chi connectivity index (χ1) is 16.6. The summed E-state index contributed by atoms with van der Waals surface area (Å²) in [4.78, 5) is 16.8. The fourth-order valence-corrected chi connectivity index (χ4v) is 3.52. The molecule has 0 saturated heterocycles. The van der Waals surface area contributed by atoms with E-state index in [0.717, 1.165) is 55.0 Å². The molecule has 0 fully saturated rings. The molecule has 0 radical (unpaired) electrons. The van der Waals surface area contributed by atoms with E-state index in [4.69, 9.17) is 28.9 Å². The van der Waals surface area contributed by atoms with Gasteiger partial charge in [-0.1, -0.05) is 43.0 Å². The maximum Gasteiger partial charge on any atom is 0.129 e. The van der Waals surface area contributed by atoms with Crippen LogP contribution in [0.5, 0.6) is 0 Å². The number of rotatable bonds is 10. The van der Waals surface area contributed by atoms with Crippen LogP contribution in [-0.4, -0.2) is 35.6 Å². The van der Waals surface area contributed by atoms with Gasteiger partial charge >= 0.3 is 0 Å². The van der Waals surface area contributed by atoms with E-state index in [9.17, 15) is 0 Å². The molecule has 0 unspecified atom stereocenters. The average Bonchev–Trinajstić information content (AvgIpc) is 3.51. The molecule has 4 aromatic rings. The largest absolute Gasteiger partial charge is 0.337 e. The lowest BCUT2D eigenvalue weighted by Crippen LogP contribution is -2.01. The van der Waals surface area contributed by atoms with Crippen LogP contribution in [0, 0.1) is 0 Å². The number of nitrogens with zero attached hydrogens (tertiary/aromatic N) is 6. The van der Waals surface area contributed by atoms with Crippen LogP contribution in [-0.2, 0) is 13.1 Å². The summed E-state index contributed by atoms with van der Waals surface area (Å²) in [5, 5.41) is 1.01. The lowest BCUT2D eigenvalue weighted by atomic mass is 10.2. The van der Waals surface area contributed by atoms with E-state index < -0.39 is 0 Å². The molecule has 0 atom stereocenters. The zero-order valence-corrected chi connectivity index (χ0v) is 21.0. The highest BCUT2D eigenvalue weighted by atomic mass is 35.5. The summed E-state index contributed by atoms with van der Waals surface area (Å²) in [5.41, 5.74) is 9.31. The number of aromatic nitrogens is 6. The minimum absolute atomic E-state index is 0.496. The van der Waals surface area contributed by atoms with Crippen molar-refractivity contribution in [2.75, 3.05) is 6.54 Å². The number of imidazole rings is 2. The number of unbranched alkanes of at least 4 members (excludes halogenated alkanes) is 3. The fourth-order valence-electron chi connectivity index (χ4n) is 3.30. The minimum Gasteiger partial charge on any atom is -0.337 e. The van der Waals surface area contributed by atoms with E-state index in [1.807, 2.05) is 31.0 Å². The molecule has 0 aromatic carbocycles. The van der Waals surface area contributed by atoms with Crippen molar-refractivity contribution in [1.82, 2.24) is 29.1 Å². The van der Waals surface area contributed by atoms with E-state index in [-0.39, 0.29) is 0 Å². The molecule has 4 aromatic heterocycles. The Kier molecular flexibility index (Phi) is 10.5. The number of nitrogens with two attached hydrogens (primary N) is 1. The average molecular weight is 500 g/mol. The van der Waals surface area contributed by atoms with Crippen molar-refractivity contribution in [2.24, 2.45) is 5.73 Å². The summed E-state index contributed by atoms with van der Waals surface area (Å²) >= 11 is 11.5. The Morgan fingerprint density at radius 3 is 1.62 bits per heavy atom. The standard InChI is InChI=1S/C13H16ClN3.C12H15ClN4/c1-2-3-4-7-17-9-12(16-10-17)11-5-6-13(14)15-8-11;13-12-4-3-10(7-15-12)11-8-17(9-16-11)6-2-1-5-14/h5-6,8-10H,2-4,7H2,1H3;3-4,7-9H,1-2,5-6,14H2. The molecule has 0 aliphatic rings. The van der Waals surface area contributed by atoms with Gasteiger partial charge in [-0.15, -0.1) is 0 Å². The zero-order valence-electron chi connectivity index (χ0n) is 19.4. The van der Waals surface area contributed by atoms with Crippen molar-refractivity contribution in [2.45, 2.75) is 52.1 Å². The van der Waals surface area contributed by atoms with Gasteiger partial charge in [-0.25, -0.2) is 19.9 Å². The van der Waals surface area contributed by atoms with Crippen LogP contribution in [0.1, 0.15) is 39.0 Å². The predicted octanol–water partition coefficient (Wildman–Crippen LogP) is 6.13. The van der Waals surface area contributed by atoms with Crippen molar-refractivity contribution >= 4 is 23.2 Å². The third kappa shape index (κ3) is 8.24. The first-order valence-corrected chi connectivity index (χ1v) is 12.3. The molecular formula is C25H31Cl2N7. The third-order valence-electron chi connectivity index (χ3n) is 5.20. The Hall–Kier alpha value is -2.74. The number of hydrogen-bond donors (Lipinski definition) is 1.